The van der Waals surface area contributed by atoms with Crippen molar-refractivity contribution in [2.24, 2.45) is 5.92 Å². The fraction of sp³-hybridized carbons (Fsp3) is 0.600. The van der Waals surface area contributed by atoms with Gasteiger partial charge in [-0.2, -0.15) is 13.2 Å². The fourth-order valence-electron chi connectivity index (χ4n) is 3.09. The molecule has 20 heavy (non-hydrogen) atoms. The Labute approximate surface area is 116 Å². The number of halogens is 4. The highest BCUT2D eigenvalue weighted by atomic mass is 19.4. The van der Waals surface area contributed by atoms with E-state index in [0.717, 1.165) is 43.9 Å². The normalized spacial score (nSPS) is 18.4. The Morgan fingerprint density at radius 3 is 2.45 bits per heavy atom. The Morgan fingerprint density at radius 2 is 1.90 bits per heavy atom. The average molecular weight is 289 g/mol. The van der Waals surface area contributed by atoms with Crippen LogP contribution in [0.25, 0.3) is 0 Å². The van der Waals surface area contributed by atoms with Gasteiger partial charge in [-0.3, -0.25) is 0 Å². The first-order valence-electron chi connectivity index (χ1n) is 7.03. The van der Waals surface area contributed by atoms with Gasteiger partial charge in [0.15, 0.2) is 0 Å². The lowest BCUT2D eigenvalue weighted by Crippen LogP contribution is -2.29. The minimum absolute atomic E-state index is 0.0475. The summed E-state index contributed by atoms with van der Waals surface area (Å²) >= 11 is 0. The largest absolute Gasteiger partial charge is 0.416 e. The smallest absolute Gasteiger partial charge is 0.310 e. The Bertz CT molecular complexity index is 450. The van der Waals surface area contributed by atoms with E-state index < -0.39 is 23.6 Å². The van der Waals surface area contributed by atoms with Crippen LogP contribution < -0.4 is 5.32 Å². The maximum absolute atomic E-state index is 13.4. The molecule has 1 fully saturated rings. The molecular weight excluding hydrogens is 270 g/mol. The van der Waals surface area contributed by atoms with E-state index in [1.165, 1.54) is 0 Å². The molecule has 1 aliphatic carbocycles. The maximum atomic E-state index is 13.4. The van der Waals surface area contributed by atoms with Gasteiger partial charge in [0.25, 0.3) is 0 Å². The second-order valence-electron chi connectivity index (χ2n) is 5.31. The summed E-state index contributed by atoms with van der Waals surface area (Å²) in [5, 5.41) is 3.11. The molecule has 0 saturated heterocycles. The summed E-state index contributed by atoms with van der Waals surface area (Å²) in [6.45, 7) is 2.42. The van der Waals surface area contributed by atoms with Crippen LogP contribution in [-0.2, 0) is 6.18 Å². The monoisotopic (exact) mass is 289 g/mol. The molecule has 0 heterocycles. The van der Waals surface area contributed by atoms with Crippen molar-refractivity contribution in [2.45, 2.75) is 44.8 Å². The van der Waals surface area contributed by atoms with Crippen molar-refractivity contribution in [1.82, 2.24) is 5.32 Å². The zero-order valence-electron chi connectivity index (χ0n) is 11.4. The molecule has 1 saturated carbocycles. The number of rotatable bonds is 4. The zero-order chi connectivity index (χ0) is 14.8. The highest BCUT2D eigenvalue weighted by molar-refractivity contribution is 5.33. The van der Waals surface area contributed by atoms with Crippen LogP contribution in [0.4, 0.5) is 17.6 Å². The third kappa shape index (κ3) is 3.32. The number of hydrogen-bond donors (Lipinski definition) is 1. The molecule has 0 radical (unpaired) electrons. The molecule has 0 aromatic heterocycles. The number of hydrogen-bond acceptors (Lipinski definition) is 1. The van der Waals surface area contributed by atoms with Crippen LogP contribution in [-0.4, -0.2) is 6.54 Å². The molecule has 0 aliphatic heterocycles. The van der Waals surface area contributed by atoms with E-state index >= 15 is 0 Å². The minimum Gasteiger partial charge on any atom is -0.310 e. The fourth-order valence-corrected chi connectivity index (χ4v) is 3.09. The summed E-state index contributed by atoms with van der Waals surface area (Å²) in [7, 11) is 0. The molecule has 1 nitrogen and oxygen atoms in total. The number of nitrogens with one attached hydrogen (secondary N) is 1. The molecular formula is C15H19F4N. The first-order chi connectivity index (χ1) is 9.43. The Balaban J connectivity index is 2.42. The predicted octanol–water partition coefficient (Wildman–Crippen LogP) is 4.69. The number of benzene rings is 1. The topological polar surface area (TPSA) is 12.0 Å². The Morgan fingerprint density at radius 1 is 1.25 bits per heavy atom. The molecule has 1 N–H and O–H groups in total. The maximum Gasteiger partial charge on any atom is 0.416 e. The summed E-state index contributed by atoms with van der Waals surface area (Å²) < 4.78 is 52.8. The second kappa shape index (κ2) is 6.12. The van der Waals surface area contributed by atoms with Crippen molar-refractivity contribution in [2.75, 3.05) is 6.54 Å². The van der Waals surface area contributed by atoms with E-state index in [2.05, 4.69) is 5.32 Å². The molecule has 5 heteroatoms. The molecule has 1 aromatic rings. The van der Waals surface area contributed by atoms with Crippen LogP contribution in [0.1, 0.15) is 49.8 Å². The summed E-state index contributed by atoms with van der Waals surface area (Å²) in [6.07, 6.45) is -0.598. The van der Waals surface area contributed by atoms with Gasteiger partial charge >= 0.3 is 6.18 Å². The highest BCUT2D eigenvalue weighted by Gasteiger charge is 2.37. The van der Waals surface area contributed by atoms with Crippen LogP contribution in [0, 0.1) is 11.7 Å². The van der Waals surface area contributed by atoms with E-state index in [1.54, 1.807) is 0 Å². The lowest BCUT2D eigenvalue weighted by atomic mass is 9.88. The molecule has 1 aromatic carbocycles. The van der Waals surface area contributed by atoms with E-state index in [0.29, 0.717) is 6.54 Å². The van der Waals surface area contributed by atoms with E-state index in [1.807, 2.05) is 6.92 Å². The summed E-state index contributed by atoms with van der Waals surface area (Å²) in [6, 6.07) is 2.34. The van der Waals surface area contributed by atoms with Crippen molar-refractivity contribution in [3.63, 3.8) is 0 Å². The molecule has 1 atom stereocenters. The van der Waals surface area contributed by atoms with Crippen molar-refractivity contribution in [1.29, 1.82) is 0 Å². The summed E-state index contributed by atoms with van der Waals surface area (Å²) in [5.41, 5.74) is -0.678. The summed E-state index contributed by atoms with van der Waals surface area (Å²) in [5.74, 6) is -0.466. The third-order valence-corrected chi connectivity index (χ3v) is 3.95. The Hall–Kier alpha value is -1.10. The van der Waals surface area contributed by atoms with Crippen LogP contribution in [0.5, 0.6) is 0 Å². The molecule has 112 valence electrons. The van der Waals surface area contributed by atoms with Gasteiger partial charge in [-0.25, -0.2) is 4.39 Å². The molecule has 1 aliphatic rings. The average Bonchev–Trinajstić information content (AvgIpc) is 2.87. The highest BCUT2D eigenvalue weighted by Crippen LogP contribution is 2.41. The van der Waals surface area contributed by atoms with Crippen LogP contribution in [0.3, 0.4) is 0 Å². The van der Waals surface area contributed by atoms with Crippen LogP contribution >= 0.6 is 0 Å². The standard InChI is InChI=1S/C15H19F4N/c1-2-20-14(10-5-3-4-6-10)12-9-11(16)7-8-13(12)15(17,18)19/h7-10,14,20H,2-6H2,1H3. The van der Waals surface area contributed by atoms with Crippen LogP contribution in [0.2, 0.25) is 0 Å². The predicted molar refractivity (Wildman–Crippen MR) is 69.8 cm³/mol. The van der Waals surface area contributed by atoms with Gasteiger partial charge in [-0.1, -0.05) is 19.8 Å². The Kier molecular flexibility index (Phi) is 4.68. The van der Waals surface area contributed by atoms with Gasteiger partial charge in [-0.15, -0.1) is 0 Å². The summed E-state index contributed by atoms with van der Waals surface area (Å²) in [4.78, 5) is 0. The lowest BCUT2D eigenvalue weighted by Gasteiger charge is -2.27. The molecule has 0 bridgehead atoms. The van der Waals surface area contributed by atoms with Gasteiger partial charge in [-0.05, 0) is 49.1 Å². The van der Waals surface area contributed by atoms with Gasteiger partial charge in [0.1, 0.15) is 5.82 Å². The minimum atomic E-state index is -4.45. The van der Waals surface area contributed by atoms with Gasteiger partial charge < -0.3 is 5.32 Å². The quantitative estimate of drug-likeness (QED) is 0.793. The van der Waals surface area contributed by atoms with Gasteiger partial charge in [0.05, 0.1) is 5.56 Å². The van der Waals surface area contributed by atoms with E-state index in [4.69, 9.17) is 0 Å². The van der Waals surface area contributed by atoms with E-state index in [-0.39, 0.29) is 11.5 Å². The molecule has 0 spiro atoms. The SMILES string of the molecule is CCNC(c1cc(F)ccc1C(F)(F)F)C1CCCC1. The molecule has 1 unspecified atom stereocenters. The zero-order valence-corrected chi connectivity index (χ0v) is 11.4. The molecule has 2 rings (SSSR count). The van der Waals surface area contributed by atoms with E-state index in [9.17, 15) is 17.6 Å². The van der Waals surface area contributed by atoms with Crippen molar-refractivity contribution < 1.29 is 17.6 Å². The second-order valence-corrected chi connectivity index (χ2v) is 5.31. The lowest BCUT2D eigenvalue weighted by molar-refractivity contribution is -0.138. The third-order valence-electron chi connectivity index (χ3n) is 3.95. The van der Waals surface area contributed by atoms with Crippen LogP contribution in [0.15, 0.2) is 18.2 Å². The molecule has 0 amide bonds. The van der Waals surface area contributed by atoms with Crippen molar-refractivity contribution in [3.05, 3.63) is 35.1 Å². The van der Waals surface area contributed by atoms with Gasteiger partial charge in [0.2, 0.25) is 0 Å². The van der Waals surface area contributed by atoms with Crippen molar-refractivity contribution >= 4 is 0 Å². The first-order valence-corrected chi connectivity index (χ1v) is 7.03. The first kappa shape index (κ1) is 15.3. The van der Waals surface area contributed by atoms with Gasteiger partial charge in [0, 0.05) is 6.04 Å². The number of alkyl halides is 3. The van der Waals surface area contributed by atoms with Crippen molar-refractivity contribution in [3.8, 4) is 0 Å².